The Labute approximate surface area is 89.5 Å². The number of alkyl halides is 1. The number of nitrogens with zero attached hydrogens (tertiary/aromatic N) is 1. The van der Waals surface area contributed by atoms with Gasteiger partial charge in [-0.05, 0) is 36.8 Å². The van der Waals surface area contributed by atoms with Crippen LogP contribution >= 0.6 is 11.6 Å². The largest absolute Gasteiger partial charge is 0.398 e. The molecule has 1 saturated carbocycles. The van der Waals surface area contributed by atoms with Gasteiger partial charge in [0.25, 0.3) is 0 Å². The number of nitrogens with two attached hydrogens (primary N) is 1. The molecule has 76 valence electrons. The fourth-order valence-electron chi connectivity index (χ4n) is 2.17. The highest BCUT2D eigenvalue weighted by atomic mass is 35.5. The molecule has 3 heteroatoms. The van der Waals surface area contributed by atoms with Crippen molar-refractivity contribution in [1.82, 2.24) is 4.98 Å². The number of hydrogen-bond acceptors (Lipinski definition) is 2. The molecule has 2 unspecified atom stereocenters. The second-order valence-electron chi connectivity index (χ2n) is 3.97. The van der Waals surface area contributed by atoms with Crippen molar-refractivity contribution in [2.75, 3.05) is 5.73 Å². The van der Waals surface area contributed by atoms with Gasteiger partial charge in [0, 0.05) is 23.5 Å². The maximum Gasteiger partial charge on any atom is 0.0380 e. The van der Waals surface area contributed by atoms with Crippen molar-refractivity contribution in [2.24, 2.45) is 0 Å². The van der Waals surface area contributed by atoms with Crippen LogP contribution in [0.25, 0.3) is 0 Å². The van der Waals surface area contributed by atoms with E-state index in [9.17, 15) is 0 Å². The van der Waals surface area contributed by atoms with Crippen LogP contribution in [0.2, 0.25) is 0 Å². The van der Waals surface area contributed by atoms with Crippen LogP contribution < -0.4 is 5.73 Å². The van der Waals surface area contributed by atoms with E-state index < -0.39 is 0 Å². The Kier molecular flexibility index (Phi) is 2.92. The number of nitrogen functional groups attached to an aromatic ring is 1. The number of aromatic nitrogens is 1. The zero-order valence-electron chi connectivity index (χ0n) is 8.12. The van der Waals surface area contributed by atoms with E-state index in [0.29, 0.717) is 11.3 Å². The van der Waals surface area contributed by atoms with E-state index >= 15 is 0 Å². The van der Waals surface area contributed by atoms with Gasteiger partial charge in [-0.25, -0.2) is 0 Å². The molecule has 2 N–H and O–H groups in total. The lowest BCUT2D eigenvalue weighted by Crippen LogP contribution is -2.15. The number of anilines is 1. The third-order valence-electron chi connectivity index (χ3n) is 2.94. The van der Waals surface area contributed by atoms with E-state index in [4.69, 9.17) is 17.3 Å². The van der Waals surface area contributed by atoms with Crippen molar-refractivity contribution < 1.29 is 0 Å². The van der Waals surface area contributed by atoms with Crippen molar-refractivity contribution >= 4 is 17.3 Å². The van der Waals surface area contributed by atoms with E-state index in [2.05, 4.69) is 4.98 Å². The summed E-state index contributed by atoms with van der Waals surface area (Å²) in [7, 11) is 0. The Balaban J connectivity index is 2.18. The fraction of sp³-hybridized carbons (Fsp3) is 0.545. The summed E-state index contributed by atoms with van der Waals surface area (Å²) in [4.78, 5) is 4.12. The summed E-state index contributed by atoms with van der Waals surface area (Å²) < 4.78 is 0. The molecule has 0 spiro atoms. The van der Waals surface area contributed by atoms with Crippen molar-refractivity contribution in [3.05, 3.63) is 24.0 Å². The maximum absolute atomic E-state index is 6.15. The van der Waals surface area contributed by atoms with Gasteiger partial charge in [-0.15, -0.1) is 11.6 Å². The SMILES string of the molecule is Nc1ccncc1C1CCCC(Cl)C1. The molecule has 2 rings (SSSR count). The van der Waals surface area contributed by atoms with Crippen molar-refractivity contribution in [3.63, 3.8) is 0 Å². The number of rotatable bonds is 1. The smallest absolute Gasteiger partial charge is 0.0380 e. The van der Waals surface area contributed by atoms with Crippen LogP contribution in [0.5, 0.6) is 0 Å². The second kappa shape index (κ2) is 4.18. The van der Waals surface area contributed by atoms with Gasteiger partial charge in [-0.2, -0.15) is 0 Å². The molecule has 0 bridgehead atoms. The predicted molar refractivity (Wildman–Crippen MR) is 59.5 cm³/mol. The van der Waals surface area contributed by atoms with E-state index in [1.54, 1.807) is 6.20 Å². The van der Waals surface area contributed by atoms with Crippen molar-refractivity contribution in [2.45, 2.75) is 37.0 Å². The van der Waals surface area contributed by atoms with Gasteiger partial charge in [-0.3, -0.25) is 4.98 Å². The fourth-order valence-corrected chi connectivity index (χ4v) is 2.54. The van der Waals surface area contributed by atoms with Crippen LogP contribution in [-0.2, 0) is 0 Å². The van der Waals surface area contributed by atoms with Gasteiger partial charge in [0.05, 0.1) is 0 Å². The maximum atomic E-state index is 6.15. The summed E-state index contributed by atoms with van der Waals surface area (Å²) in [5.41, 5.74) is 7.95. The average Bonchev–Trinajstić information content (AvgIpc) is 2.18. The predicted octanol–water partition coefficient (Wildman–Crippen LogP) is 2.93. The lowest BCUT2D eigenvalue weighted by molar-refractivity contribution is 0.449. The topological polar surface area (TPSA) is 38.9 Å². The number of pyridine rings is 1. The van der Waals surface area contributed by atoms with Crippen LogP contribution in [0.3, 0.4) is 0 Å². The van der Waals surface area contributed by atoms with Gasteiger partial charge in [-0.1, -0.05) is 6.42 Å². The molecule has 2 nitrogen and oxygen atoms in total. The zero-order chi connectivity index (χ0) is 9.97. The summed E-state index contributed by atoms with van der Waals surface area (Å²) in [6.45, 7) is 0. The van der Waals surface area contributed by atoms with E-state index in [1.165, 1.54) is 18.4 Å². The number of hydrogen-bond donors (Lipinski definition) is 1. The molecule has 0 radical (unpaired) electrons. The monoisotopic (exact) mass is 210 g/mol. The van der Waals surface area contributed by atoms with Crippen LogP contribution in [-0.4, -0.2) is 10.4 Å². The molecule has 1 aliphatic rings. The highest BCUT2D eigenvalue weighted by Gasteiger charge is 2.22. The van der Waals surface area contributed by atoms with Crippen LogP contribution in [0.4, 0.5) is 5.69 Å². The Hall–Kier alpha value is -0.760. The standard InChI is InChI=1S/C11H15ClN2/c12-9-3-1-2-8(6-9)10-7-14-5-4-11(10)13/h4-5,7-9H,1-3,6H2,(H2,13,14). The second-order valence-corrected chi connectivity index (χ2v) is 4.58. The van der Waals surface area contributed by atoms with Gasteiger partial charge in [0.2, 0.25) is 0 Å². The molecule has 1 fully saturated rings. The minimum Gasteiger partial charge on any atom is -0.398 e. The normalized spacial score (nSPS) is 27.5. The zero-order valence-corrected chi connectivity index (χ0v) is 8.87. The first-order valence-corrected chi connectivity index (χ1v) is 5.54. The lowest BCUT2D eigenvalue weighted by Gasteiger charge is -2.26. The summed E-state index contributed by atoms with van der Waals surface area (Å²) >= 11 is 6.15. The first kappa shape index (κ1) is 9.78. The van der Waals surface area contributed by atoms with Crippen molar-refractivity contribution in [1.29, 1.82) is 0 Å². The molecule has 0 saturated heterocycles. The molecule has 1 aromatic heterocycles. The van der Waals surface area contributed by atoms with E-state index in [-0.39, 0.29) is 0 Å². The highest BCUT2D eigenvalue weighted by Crippen LogP contribution is 2.36. The minimum atomic E-state index is 0.313. The van der Waals surface area contributed by atoms with Crippen LogP contribution in [0, 0.1) is 0 Å². The summed E-state index contributed by atoms with van der Waals surface area (Å²) in [6.07, 6.45) is 8.19. The Morgan fingerprint density at radius 3 is 3.00 bits per heavy atom. The van der Waals surface area contributed by atoms with Crippen molar-refractivity contribution in [3.8, 4) is 0 Å². The summed E-state index contributed by atoms with van der Waals surface area (Å²) in [5, 5.41) is 0.313. The van der Waals surface area contributed by atoms with Crippen LogP contribution in [0.15, 0.2) is 18.5 Å². The molecule has 1 heterocycles. The quantitative estimate of drug-likeness (QED) is 0.724. The first-order valence-electron chi connectivity index (χ1n) is 5.11. The lowest BCUT2D eigenvalue weighted by atomic mass is 9.84. The molecule has 2 atom stereocenters. The van der Waals surface area contributed by atoms with Gasteiger partial charge < -0.3 is 5.73 Å². The summed E-state index contributed by atoms with van der Waals surface area (Å²) in [5.74, 6) is 0.514. The molecule has 14 heavy (non-hydrogen) atoms. The van der Waals surface area contributed by atoms with Gasteiger partial charge >= 0.3 is 0 Å². The van der Waals surface area contributed by atoms with E-state index in [0.717, 1.165) is 18.5 Å². The molecule has 1 aliphatic carbocycles. The molecule has 0 aromatic carbocycles. The Morgan fingerprint density at radius 2 is 2.29 bits per heavy atom. The third kappa shape index (κ3) is 2.01. The first-order chi connectivity index (χ1) is 6.77. The minimum absolute atomic E-state index is 0.313. The molecule has 0 aliphatic heterocycles. The summed E-state index contributed by atoms with van der Waals surface area (Å²) in [6, 6.07) is 1.87. The van der Waals surface area contributed by atoms with Crippen LogP contribution in [0.1, 0.15) is 37.2 Å². The Morgan fingerprint density at radius 1 is 1.43 bits per heavy atom. The third-order valence-corrected chi connectivity index (χ3v) is 3.33. The molecular formula is C11H15ClN2. The van der Waals surface area contributed by atoms with E-state index in [1.807, 2.05) is 12.3 Å². The molecular weight excluding hydrogens is 196 g/mol. The van der Waals surface area contributed by atoms with Gasteiger partial charge in [0.1, 0.15) is 0 Å². The molecule has 0 amide bonds. The Bertz CT molecular complexity index is 314. The van der Waals surface area contributed by atoms with Gasteiger partial charge in [0.15, 0.2) is 0 Å². The average molecular weight is 211 g/mol. The number of halogens is 1. The highest BCUT2D eigenvalue weighted by molar-refractivity contribution is 6.20. The molecule has 1 aromatic rings.